The maximum atomic E-state index is 11.4. The molecule has 2 N–H and O–H groups in total. The molecule has 2 heteroatoms. The number of benzene rings is 7. The quantitative estimate of drug-likeness (QED) is 0.160. The highest BCUT2D eigenvalue weighted by molar-refractivity contribution is 5.96. The summed E-state index contributed by atoms with van der Waals surface area (Å²) < 4.78 is 0. The molecule has 0 saturated heterocycles. The minimum atomic E-state index is -0.170. The molecule has 2 nitrogen and oxygen atoms in total. The van der Waals surface area contributed by atoms with Gasteiger partial charge in [-0.25, -0.2) is 0 Å². The maximum absolute atomic E-state index is 11.4. The van der Waals surface area contributed by atoms with Gasteiger partial charge in [0.1, 0.15) is 0 Å². The van der Waals surface area contributed by atoms with Crippen molar-refractivity contribution in [1.82, 2.24) is 0 Å². The van der Waals surface area contributed by atoms with Crippen molar-refractivity contribution >= 4 is 5.69 Å². The molecule has 0 aliphatic rings. The maximum Gasteiger partial charge on any atom is 0.0758 e. The molecule has 7 rings (SSSR count). The number of hydrogen-bond acceptors (Lipinski definition) is 2. The third-order valence-electron chi connectivity index (χ3n) is 11.7. The standard InChI is InChI=1S/C54H55NO/c1-32-16-12-17-33(2)49(32)42-24-40(25-43(28-42)50-34(3)18-13-19-35(50)4)47-30-46(54(9,10)11)31-48(53(47)55-56)41-26-44(51-36(5)20-14-21-37(51)6)29-45(27-41)52-38(7)22-15-23-39(52)8/h12-31,55-56H,1-11H3. The van der Waals surface area contributed by atoms with E-state index >= 15 is 0 Å². The summed E-state index contributed by atoms with van der Waals surface area (Å²) in [5, 5.41) is 11.4. The summed E-state index contributed by atoms with van der Waals surface area (Å²) in [5.41, 5.74) is 28.0. The van der Waals surface area contributed by atoms with E-state index in [1.54, 1.807) is 0 Å². The summed E-state index contributed by atoms with van der Waals surface area (Å²) in [7, 11) is 0. The van der Waals surface area contributed by atoms with Crippen molar-refractivity contribution in [3.8, 4) is 66.8 Å². The minimum Gasteiger partial charge on any atom is -0.291 e. The first kappa shape index (κ1) is 38.6. The van der Waals surface area contributed by atoms with Gasteiger partial charge in [-0.1, -0.05) is 93.6 Å². The molecular formula is C54H55NO. The number of aryl methyl sites for hydroxylation is 8. The molecule has 0 aliphatic heterocycles. The van der Waals surface area contributed by atoms with Gasteiger partial charge in [-0.15, -0.1) is 0 Å². The summed E-state index contributed by atoms with van der Waals surface area (Å²) in [6, 6.07) is 44.6. The molecule has 282 valence electrons. The van der Waals surface area contributed by atoms with Crippen LogP contribution in [0.2, 0.25) is 0 Å². The first-order chi connectivity index (χ1) is 26.7. The van der Waals surface area contributed by atoms with Gasteiger partial charge in [0.2, 0.25) is 0 Å². The van der Waals surface area contributed by atoms with Gasteiger partial charge >= 0.3 is 0 Å². The summed E-state index contributed by atoms with van der Waals surface area (Å²) >= 11 is 0. The van der Waals surface area contributed by atoms with E-state index in [0.29, 0.717) is 5.69 Å². The molecule has 0 bridgehead atoms. The first-order valence-corrected chi connectivity index (χ1v) is 19.8. The highest BCUT2D eigenvalue weighted by Crippen LogP contribution is 2.46. The number of hydrogen-bond donors (Lipinski definition) is 2. The number of nitrogens with one attached hydrogen (secondary N) is 1. The molecule has 7 aromatic carbocycles. The van der Waals surface area contributed by atoms with Crippen LogP contribution in [0.4, 0.5) is 5.69 Å². The van der Waals surface area contributed by atoms with Crippen LogP contribution in [-0.2, 0) is 5.41 Å². The zero-order valence-electron chi connectivity index (χ0n) is 35.0. The lowest BCUT2D eigenvalue weighted by molar-refractivity contribution is 0.389. The molecule has 0 spiro atoms. The molecule has 0 unspecified atom stereocenters. The number of rotatable bonds is 7. The fraction of sp³-hybridized carbons (Fsp3) is 0.222. The fourth-order valence-corrected chi connectivity index (χ4v) is 8.87. The van der Waals surface area contributed by atoms with Gasteiger partial charge in [0, 0.05) is 11.1 Å². The van der Waals surface area contributed by atoms with Crippen molar-refractivity contribution in [2.75, 3.05) is 5.48 Å². The zero-order valence-corrected chi connectivity index (χ0v) is 35.0. The van der Waals surface area contributed by atoms with Crippen LogP contribution in [-0.4, -0.2) is 5.21 Å². The SMILES string of the molecule is Cc1cccc(C)c1-c1cc(-c2cc(C(C)(C)C)cc(-c3cc(-c4c(C)cccc4C)cc(-c4c(C)cccc4C)c3)c2NO)cc(-c2c(C)cccc2C)c1. The van der Waals surface area contributed by atoms with E-state index in [1.807, 2.05) is 0 Å². The second-order valence-corrected chi connectivity index (χ2v) is 17.0. The Hall–Kier alpha value is -5.70. The molecule has 0 amide bonds. The van der Waals surface area contributed by atoms with Crippen molar-refractivity contribution in [2.24, 2.45) is 0 Å². The Morgan fingerprint density at radius 1 is 0.357 bits per heavy atom. The first-order valence-electron chi connectivity index (χ1n) is 19.8. The normalized spacial score (nSPS) is 11.6. The van der Waals surface area contributed by atoms with Gasteiger partial charge in [0.25, 0.3) is 0 Å². The molecule has 0 atom stereocenters. The largest absolute Gasteiger partial charge is 0.291 e. The highest BCUT2D eigenvalue weighted by Gasteiger charge is 2.24. The molecule has 0 heterocycles. The van der Waals surface area contributed by atoms with Crippen LogP contribution in [0.1, 0.15) is 70.8 Å². The van der Waals surface area contributed by atoms with Crippen LogP contribution >= 0.6 is 0 Å². The van der Waals surface area contributed by atoms with Crippen LogP contribution in [0.25, 0.3) is 66.8 Å². The van der Waals surface area contributed by atoms with Crippen molar-refractivity contribution in [3.63, 3.8) is 0 Å². The van der Waals surface area contributed by atoms with E-state index in [4.69, 9.17) is 0 Å². The van der Waals surface area contributed by atoms with Crippen LogP contribution < -0.4 is 5.48 Å². The van der Waals surface area contributed by atoms with E-state index in [2.05, 4.69) is 203 Å². The molecule has 0 aromatic heterocycles. The Bertz CT molecular complexity index is 2240. The molecule has 7 aromatic rings. The predicted octanol–water partition coefficient (Wildman–Crippen LogP) is 15.3. The van der Waals surface area contributed by atoms with Gasteiger partial charge in [0.15, 0.2) is 0 Å². The van der Waals surface area contributed by atoms with Gasteiger partial charge in [-0.3, -0.25) is 10.7 Å². The Kier molecular flexibility index (Phi) is 10.4. The van der Waals surface area contributed by atoms with Gasteiger partial charge in [-0.05, 0) is 215 Å². The van der Waals surface area contributed by atoms with Gasteiger partial charge in [0.05, 0.1) is 5.69 Å². The molecular weight excluding hydrogens is 679 g/mol. The summed E-state index contributed by atoms with van der Waals surface area (Å²) in [6.07, 6.45) is 0. The zero-order chi connectivity index (χ0) is 40.1. The lowest BCUT2D eigenvalue weighted by atomic mass is 9.80. The van der Waals surface area contributed by atoms with Crippen molar-refractivity contribution in [2.45, 2.75) is 81.6 Å². The Balaban J connectivity index is 1.59. The van der Waals surface area contributed by atoms with Crippen LogP contribution in [0.5, 0.6) is 0 Å². The Labute approximate surface area is 334 Å². The fourth-order valence-electron chi connectivity index (χ4n) is 8.87. The third kappa shape index (κ3) is 7.22. The van der Waals surface area contributed by atoms with Crippen molar-refractivity contribution in [3.05, 3.63) is 171 Å². The Morgan fingerprint density at radius 2 is 0.589 bits per heavy atom. The average Bonchev–Trinajstić information content (AvgIpc) is 3.13. The second kappa shape index (κ2) is 15.1. The summed E-state index contributed by atoms with van der Waals surface area (Å²) in [5.74, 6) is 0. The smallest absolute Gasteiger partial charge is 0.0758 e. The van der Waals surface area contributed by atoms with Crippen LogP contribution in [0, 0.1) is 55.4 Å². The lowest BCUT2D eigenvalue weighted by Crippen LogP contribution is -2.12. The molecule has 0 saturated carbocycles. The molecule has 0 fully saturated rings. The van der Waals surface area contributed by atoms with Crippen molar-refractivity contribution in [1.29, 1.82) is 0 Å². The van der Waals surface area contributed by atoms with E-state index in [0.717, 1.165) is 44.5 Å². The summed E-state index contributed by atoms with van der Waals surface area (Å²) in [4.78, 5) is 0. The van der Waals surface area contributed by atoms with Crippen molar-refractivity contribution < 1.29 is 5.21 Å². The highest BCUT2D eigenvalue weighted by atomic mass is 16.5. The molecule has 56 heavy (non-hydrogen) atoms. The topological polar surface area (TPSA) is 32.3 Å². The third-order valence-corrected chi connectivity index (χ3v) is 11.7. The van der Waals surface area contributed by atoms with Gasteiger partial charge in [-0.2, -0.15) is 0 Å². The van der Waals surface area contributed by atoms with E-state index in [-0.39, 0.29) is 5.41 Å². The van der Waals surface area contributed by atoms with E-state index in [9.17, 15) is 5.21 Å². The average molecular weight is 734 g/mol. The van der Waals surface area contributed by atoms with E-state index < -0.39 is 0 Å². The predicted molar refractivity (Wildman–Crippen MR) is 241 cm³/mol. The monoisotopic (exact) mass is 733 g/mol. The van der Waals surface area contributed by atoms with Gasteiger partial charge < -0.3 is 0 Å². The number of anilines is 1. The molecule has 0 radical (unpaired) electrons. The molecule has 0 aliphatic carbocycles. The summed E-state index contributed by atoms with van der Waals surface area (Å²) in [6.45, 7) is 24.4. The van der Waals surface area contributed by atoms with Crippen LogP contribution in [0.3, 0.4) is 0 Å². The van der Waals surface area contributed by atoms with E-state index in [1.165, 1.54) is 72.3 Å². The van der Waals surface area contributed by atoms with Crippen LogP contribution in [0.15, 0.2) is 121 Å². The lowest BCUT2D eigenvalue weighted by Gasteiger charge is -2.25. The second-order valence-electron chi connectivity index (χ2n) is 17.0. The Morgan fingerprint density at radius 3 is 0.804 bits per heavy atom. The minimum absolute atomic E-state index is 0.170.